The van der Waals surface area contributed by atoms with Gasteiger partial charge in [0.25, 0.3) is 0 Å². The molecule has 2 nitrogen and oxygen atoms in total. The smallest absolute Gasteiger partial charge is 0.120 e. The van der Waals surface area contributed by atoms with E-state index in [0.29, 0.717) is 0 Å². The fourth-order valence-corrected chi connectivity index (χ4v) is 2.45. The summed E-state index contributed by atoms with van der Waals surface area (Å²) in [6.07, 6.45) is 2.21. The first-order valence-electron chi connectivity index (χ1n) is 7.03. The Kier molecular flexibility index (Phi) is 6.15. The Labute approximate surface area is 122 Å². The number of rotatable bonds is 7. The summed E-state index contributed by atoms with van der Waals surface area (Å²) in [4.78, 5) is 0. The maximum Gasteiger partial charge on any atom is 0.120 e. The summed E-state index contributed by atoms with van der Waals surface area (Å²) in [5, 5.41) is 4.40. The van der Waals surface area contributed by atoms with Crippen LogP contribution in [0.5, 0.6) is 5.75 Å². The Bertz CT molecular complexity index is 404. The first-order chi connectivity index (χ1) is 8.96. The average molecular weight is 284 g/mol. The Hall–Kier alpha value is -0.730. The molecular weight excluding hydrogens is 258 g/mol. The second kappa shape index (κ2) is 7.16. The molecular formula is C16H26ClNO. The first kappa shape index (κ1) is 16.3. The minimum Gasteiger partial charge on any atom is -0.497 e. The van der Waals surface area contributed by atoms with Crippen molar-refractivity contribution in [2.75, 3.05) is 13.7 Å². The maximum absolute atomic E-state index is 6.42. The monoisotopic (exact) mass is 283 g/mol. The van der Waals surface area contributed by atoms with Gasteiger partial charge in [0.15, 0.2) is 0 Å². The van der Waals surface area contributed by atoms with Crippen LogP contribution in [-0.2, 0) is 0 Å². The number of benzene rings is 1. The van der Waals surface area contributed by atoms with Gasteiger partial charge in [-0.1, -0.05) is 45.4 Å². The fraction of sp³-hybridized carbons (Fsp3) is 0.625. The molecule has 1 atom stereocenters. The van der Waals surface area contributed by atoms with E-state index in [1.54, 1.807) is 7.11 Å². The molecule has 1 rings (SSSR count). The molecule has 1 aromatic rings. The van der Waals surface area contributed by atoms with Gasteiger partial charge in [0.1, 0.15) is 5.75 Å². The summed E-state index contributed by atoms with van der Waals surface area (Å²) in [6, 6.07) is 6.21. The Morgan fingerprint density at radius 2 is 2.00 bits per heavy atom. The van der Waals surface area contributed by atoms with Crippen LogP contribution < -0.4 is 10.1 Å². The minimum atomic E-state index is 0.160. The van der Waals surface area contributed by atoms with Crippen molar-refractivity contribution < 1.29 is 4.74 Å². The molecule has 0 heterocycles. The van der Waals surface area contributed by atoms with E-state index >= 15 is 0 Å². The number of methoxy groups -OCH3 is 1. The van der Waals surface area contributed by atoms with E-state index in [1.807, 2.05) is 12.1 Å². The van der Waals surface area contributed by atoms with Crippen LogP contribution in [0.2, 0.25) is 5.02 Å². The van der Waals surface area contributed by atoms with Crippen molar-refractivity contribution in [2.45, 2.75) is 46.6 Å². The third-order valence-corrected chi connectivity index (χ3v) is 4.14. The molecule has 0 aliphatic heterocycles. The average Bonchev–Trinajstić information content (AvgIpc) is 2.40. The highest BCUT2D eigenvalue weighted by atomic mass is 35.5. The second-order valence-corrected chi connectivity index (χ2v) is 6.02. The van der Waals surface area contributed by atoms with Crippen LogP contribution in [0.4, 0.5) is 0 Å². The molecule has 1 unspecified atom stereocenters. The van der Waals surface area contributed by atoms with Gasteiger partial charge in [-0.3, -0.25) is 0 Å². The molecule has 0 radical (unpaired) electrons. The lowest BCUT2D eigenvalue weighted by Crippen LogP contribution is -2.34. The lowest BCUT2D eigenvalue weighted by molar-refractivity contribution is 0.234. The lowest BCUT2D eigenvalue weighted by atomic mass is 9.78. The SMILES string of the molecule is CCCNC(c1ccc(OC)cc1Cl)C(C)(C)CC. The maximum atomic E-state index is 6.42. The van der Waals surface area contributed by atoms with Crippen molar-refractivity contribution in [2.24, 2.45) is 5.41 Å². The van der Waals surface area contributed by atoms with Gasteiger partial charge in [-0.15, -0.1) is 0 Å². The summed E-state index contributed by atoms with van der Waals surface area (Å²) >= 11 is 6.42. The zero-order valence-corrected chi connectivity index (χ0v) is 13.5. The van der Waals surface area contributed by atoms with E-state index in [0.717, 1.165) is 35.7 Å². The molecule has 0 amide bonds. The normalized spacial score (nSPS) is 13.4. The van der Waals surface area contributed by atoms with Crippen LogP contribution in [0, 0.1) is 5.41 Å². The predicted octanol–water partition coefficient (Wildman–Crippen LogP) is 4.83. The van der Waals surface area contributed by atoms with Crippen molar-refractivity contribution in [1.82, 2.24) is 5.32 Å². The minimum absolute atomic E-state index is 0.160. The quantitative estimate of drug-likeness (QED) is 0.774. The molecule has 0 fully saturated rings. The first-order valence-corrected chi connectivity index (χ1v) is 7.40. The van der Waals surface area contributed by atoms with Crippen LogP contribution in [-0.4, -0.2) is 13.7 Å². The fourth-order valence-electron chi connectivity index (χ4n) is 2.17. The van der Waals surface area contributed by atoms with Crippen molar-refractivity contribution in [3.05, 3.63) is 28.8 Å². The molecule has 0 spiro atoms. The van der Waals surface area contributed by atoms with Crippen molar-refractivity contribution in [3.63, 3.8) is 0 Å². The summed E-state index contributed by atoms with van der Waals surface area (Å²) in [5.41, 5.74) is 1.32. The molecule has 3 heteroatoms. The Morgan fingerprint density at radius 3 is 2.47 bits per heavy atom. The standard InChI is InChI=1S/C16H26ClNO/c1-6-10-18-15(16(3,4)7-2)13-9-8-12(19-5)11-14(13)17/h8-9,11,15,18H,6-7,10H2,1-5H3. The van der Waals surface area contributed by atoms with E-state index in [2.05, 4.69) is 39.1 Å². The van der Waals surface area contributed by atoms with E-state index in [4.69, 9.17) is 16.3 Å². The van der Waals surface area contributed by atoms with E-state index in [-0.39, 0.29) is 11.5 Å². The van der Waals surface area contributed by atoms with Gasteiger partial charge in [-0.2, -0.15) is 0 Å². The summed E-state index contributed by atoms with van der Waals surface area (Å²) in [5.74, 6) is 0.803. The zero-order chi connectivity index (χ0) is 14.5. The van der Waals surface area contributed by atoms with E-state index in [9.17, 15) is 0 Å². The third-order valence-electron chi connectivity index (χ3n) is 3.81. The topological polar surface area (TPSA) is 21.3 Å². The second-order valence-electron chi connectivity index (χ2n) is 5.62. The molecule has 0 aliphatic rings. The number of halogens is 1. The van der Waals surface area contributed by atoms with Gasteiger partial charge in [-0.25, -0.2) is 0 Å². The number of nitrogens with one attached hydrogen (secondary N) is 1. The van der Waals surface area contributed by atoms with Gasteiger partial charge in [0, 0.05) is 11.1 Å². The predicted molar refractivity (Wildman–Crippen MR) is 83.1 cm³/mol. The molecule has 0 aliphatic carbocycles. The van der Waals surface area contributed by atoms with Crippen molar-refractivity contribution in [1.29, 1.82) is 0 Å². The Balaban J connectivity index is 3.10. The van der Waals surface area contributed by atoms with E-state index in [1.165, 1.54) is 0 Å². The van der Waals surface area contributed by atoms with Crippen LogP contribution in [0.15, 0.2) is 18.2 Å². The third kappa shape index (κ3) is 4.12. The molecule has 0 aromatic heterocycles. The van der Waals surface area contributed by atoms with Gasteiger partial charge < -0.3 is 10.1 Å². The summed E-state index contributed by atoms with van der Waals surface area (Å²) in [7, 11) is 1.66. The molecule has 1 aromatic carbocycles. The van der Waals surface area contributed by atoms with Crippen molar-refractivity contribution in [3.8, 4) is 5.75 Å². The molecule has 0 saturated heterocycles. The highest BCUT2D eigenvalue weighted by Gasteiger charge is 2.30. The largest absolute Gasteiger partial charge is 0.497 e. The summed E-state index contributed by atoms with van der Waals surface area (Å²) in [6.45, 7) is 9.95. The summed E-state index contributed by atoms with van der Waals surface area (Å²) < 4.78 is 5.22. The molecule has 19 heavy (non-hydrogen) atoms. The Morgan fingerprint density at radius 1 is 1.32 bits per heavy atom. The molecule has 108 valence electrons. The highest BCUT2D eigenvalue weighted by molar-refractivity contribution is 6.31. The van der Waals surface area contributed by atoms with Crippen LogP contribution in [0.3, 0.4) is 0 Å². The van der Waals surface area contributed by atoms with Gasteiger partial charge >= 0.3 is 0 Å². The number of ether oxygens (including phenoxy) is 1. The van der Waals surface area contributed by atoms with Crippen LogP contribution in [0.25, 0.3) is 0 Å². The van der Waals surface area contributed by atoms with Gasteiger partial charge in [0.2, 0.25) is 0 Å². The lowest BCUT2D eigenvalue weighted by Gasteiger charge is -2.35. The highest BCUT2D eigenvalue weighted by Crippen LogP contribution is 2.40. The van der Waals surface area contributed by atoms with Crippen LogP contribution >= 0.6 is 11.6 Å². The molecule has 1 N–H and O–H groups in total. The van der Waals surface area contributed by atoms with Gasteiger partial charge in [0.05, 0.1) is 7.11 Å². The van der Waals surface area contributed by atoms with E-state index < -0.39 is 0 Å². The number of hydrogen-bond acceptors (Lipinski definition) is 2. The molecule has 0 bridgehead atoms. The van der Waals surface area contributed by atoms with Crippen LogP contribution in [0.1, 0.15) is 52.1 Å². The van der Waals surface area contributed by atoms with Crippen molar-refractivity contribution >= 4 is 11.6 Å². The molecule has 0 saturated carbocycles. The van der Waals surface area contributed by atoms with Gasteiger partial charge in [-0.05, 0) is 42.5 Å². The number of hydrogen-bond donors (Lipinski definition) is 1. The zero-order valence-electron chi connectivity index (χ0n) is 12.7.